The molecule has 0 unspecified atom stereocenters. The summed E-state index contributed by atoms with van der Waals surface area (Å²) in [5.74, 6) is -0.541. The summed E-state index contributed by atoms with van der Waals surface area (Å²) in [6.45, 7) is 5.19. The van der Waals surface area contributed by atoms with Gasteiger partial charge in [-0.3, -0.25) is 9.59 Å². The van der Waals surface area contributed by atoms with Gasteiger partial charge in [-0.15, -0.1) is 0 Å². The number of hydrogen-bond donors (Lipinski definition) is 2. The summed E-state index contributed by atoms with van der Waals surface area (Å²) >= 11 is 0. The van der Waals surface area contributed by atoms with Gasteiger partial charge in [-0.1, -0.05) is 12.1 Å². The molecule has 2 N–H and O–H groups in total. The molecule has 0 fully saturated rings. The number of carbonyl (C=O) groups is 2. The average Bonchev–Trinajstić information content (AvgIpc) is 2.92. The molecule has 0 aliphatic heterocycles. The molecule has 0 bridgehead atoms. The van der Waals surface area contributed by atoms with Gasteiger partial charge in [0.05, 0.1) is 17.6 Å². The number of nitrogens with zero attached hydrogens (tertiary/aromatic N) is 3. The molecule has 3 rings (SSSR count). The van der Waals surface area contributed by atoms with E-state index in [4.69, 9.17) is 0 Å². The first-order chi connectivity index (χ1) is 11.5. The standard InChI is InChI=1S/C17H17N5O2/c1-10-8-11(2)22-16(19-10)13(9-18-22)17(24)21-15-7-5-4-6-14(15)20-12(3)23/h4-9H,1-3H3,(H,20,23)(H,21,24). The maximum absolute atomic E-state index is 12.6. The Hall–Kier alpha value is -3.22. The molecule has 0 saturated carbocycles. The number of fused-ring (bicyclic) bond motifs is 1. The molecular formula is C17H17N5O2. The highest BCUT2D eigenvalue weighted by atomic mass is 16.2. The summed E-state index contributed by atoms with van der Waals surface area (Å²) in [4.78, 5) is 28.3. The van der Waals surface area contributed by atoms with Crippen molar-refractivity contribution >= 4 is 28.8 Å². The van der Waals surface area contributed by atoms with Crippen molar-refractivity contribution in [2.45, 2.75) is 20.8 Å². The molecule has 0 spiro atoms. The molecule has 7 heteroatoms. The van der Waals surface area contributed by atoms with Crippen molar-refractivity contribution < 1.29 is 9.59 Å². The van der Waals surface area contributed by atoms with E-state index in [-0.39, 0.29) is 11.8 Å². The van der Waals surface area contributed by atoms with Crippen molar-refractivity contribution in [2.24, 2.45) is 0 Å². The number of hydrogen-bond acceptors (Lipinski definition) is 4. The lowest BCUT2D eigenvalue weighted by Gasteiger charge is -2.10. The molecule has 3 aromatic rings. The fourth-order valence-corrected chi connectivity index (χ4v) is 2.51. The second-order valence-corrected chi connectivity index (χ2v) is 5.51. The SMILES string of the molecule is CC(=O)Nc1ccccc1NC(=O)c1cnn2c(C)cc(C)nc12. The third-order valence-electron chi connectivity index (χ3n) is 3.51. The Morgan fingerprint density at radius 3 is 2.42 bits per heavy atom. The average molecular weight is 323 g/mol. The minimum absolute atomic E-state index is 0.208. The highest BCUT2D eigenvalue weighted by Gasteiger charge is 2.17. The zero-order chi connectivity index (χ0) is 17.3. The first kappa shape index (κ1) is 15.7. The topological polar surface area (TPSA) is 88.4 Å². The van der Waals surface area contributed by atoms with Crippen molar-refractivity contribution in [3.63, 3.8) is 0 Å². The van der Waals surface area contributed by atoms with Crippen molar-refractivity contribution in [3.05, 3.63) is 53.5 Å². The van der Waals surface area contributed by atoms with Crippen molar-refractivity contribution in [2.75, 3.05) is 10.6 Å². The summed E-state index contributed by atoms with van der Waals surface area (Å²) in [6, 6.07) is 8.90. The second-order valence-electron chi connectivity index (χ2n) is 5.51. The molecule has 0 aliphatic carbocycles. The Morgan fingerprint density at radius 1 is 1.08 bits per heavy atom. The Labute approximate surface area is 138 Å². The smallest absolute Gasteiger partial charge is 0.261 e. The summed E-state index contributed by atoms with van der Waals surface area (Å²) in [5.41, 5.74) is 3.64. The van der Waals surface area contributed by atoms with Gasteiger partial charge < -0.3 is 10.6 Å². The summed E-state index contributed by atoms with van der Waals surface area (Å²) in [5, 5.41) is 9.71. The van der Waals surface area contributed by atoms with Crippen LogP contribution in [0.25, 0.3) is 5.65 Å². The number of aryl methyl sites for hydroxylation is 2. The van der Waals surface area contributed by atoms with E-state index >= 15 is 0 Å². The summed E-state index contributed by atoms with van der Waals surface area (Å²) < 4.78 is 1.63. The van der Waals surface area contributed by atoms with Crippen LogP contribution in [0.2, 0.25) is 0 Å². The van der Waals surface area contributed by atoms with Gasteiger partial charge in [0.15, 0.2) is 5.65 Å². The van der Waals surface area contributed by atoms with Gasteiger partial charge in [0.2, 0.25) is 5.91 Å². The van der Waals surface area contributed by atoms with Crippen LogP contribution in [-0.2, 0) is 4.79 Å². The predicted molar refractivity (Wildman–Crippen MR) is 91.2 cm³/mol. The monoisotopic (exact) mass is 323 g/mol. The van der Waals surface area contributed by atoms with Gasteiger partial charge in [0.1, 0.15) is 5.56 Å². The molecule has 122 valence electrons. The molecule has 1 aromatic carbocycles. The third kappa shape index (κ3) is 2.96. The lowest BCUT2D eigenvalue weighted by Crippen LogP contribution is -2.15. The zero-order valence-corrected chi connectivity index (χ0v) is 13.6. The minimum Gasteiger partial charge on any atom is -0.325 e. The minimum atomic E-state index is -0.333. The summed E-state index contributed by atoms with van der Waals surface area (Å²) in [7, 11) is 0. The predicted octanol–water partition coefficient (Wildman–Crippen LogP) is 2.56. The van der Waals surface area contributed by atoms with E-state index in [1.165, 1.54) is 13.1 Å². The molecule has 2 amide bonds. The van der Waals surface area contributed by atoms with Crippen LogP contribution in [0.15, 0.2) is 36.5 Å². The fourth-order valence-electron chi connectivity index (χ4n) is 2.51. The number of benzene rings is 1. The normalized spacial score (nSPS) is 10.6. The lowest BCUT2D eigenvalue weighted by atomic mass is 10.2. The summed E-state index contributed by atoms with van der Waals surface area (Å²) in [6.07, 6.45) is 1.49. The number of nitrogens with one attached hydrogen (secondary N) is 2. The molecule has 24 heavy (non-hydrogen) atoms. The zero-order valence-electron chi connectivity index (χ0n) is 13.6. The van der Waals surface area contributed by atoms with Gasteiger partial charge >= 0.3 is 0 Å². The molecule has 0 saturated heterocycles. The molecule has 0 radical (unpaired) electrons. The van der Waals surface area contributed by atoms with E-state index in [9.17, 15) is 9.59 Å². The quantitative estimate of drug-likeness (QED) is 0.775. The maximum atomic E-state index is 12.6. The fraction of sp³-hybridized carbons (Fsp3) is 0.176. The molecule has 0 aliphatic rings. The van der Waals surface area contributed by atoms with Crippen molar-refractivity contribution in [1.29, 1.82) is 0 Å². The maximum Gasteiger partial charge on any atom is 0.261 e. The Morgan fingerprint density at radius 2 is 1.75 bits per heavy atom. The molecular weight excluding hydrogens is 306 g/mol. The third-order valence-corrected chi connectivity index (χ3v) is 3.51. The van der Waals surface area contributed by atoms with Crippen LogP contribution in [0, 0.1) is 13.8 Å². The number of anilines is 2. The second kappa shape index (κ2) is 6.11. The molecule has 2 heterocycles. The van der Waals surface area contributed by atoms with E-state index in [1.54, 1.807) is 28.8 Å². The number of para-hydroxylation sites is 2. The van der Waals surface area contributed by atoms with E-state index in [1.807, 2.05) is 19.9 Å². The first-order valence-electron chi connectivity index (χ1n) is 7.45. The van der Waals surface area contributed by atoms with Gasteiger partial charge in [-0.25, -0.2) is 9.50 Å². The van der Waals surface area contributed by atoms with Crippen LogP contribution < -0.4 is 10.6 Å². The number of amides is 2. The van der Waals surface area contributed by atoms with Crippen molar-refractivity contribution in [1.82, 2.24) is 14.6 Å². The Balaban J connectivity index is 1.96. The van der Waals surface area contributed by atoms with Gasteiger partial charge in [0.25, 0.3) is 5.91 Å². The highest BCUT2D eigenvalue weighted by Crippen LogP contribution is 2.22. The largest absolute Gasteiger partial charge is 0.325 e. The van der Waals surface area contributed by atoms with E-state index in [0.717, 1.165) is 11.4 Å². The van der Waals surface area contributed by atoms with Crippen LogP contribution in [0.1, 0.15) is 28.7 Å². The molecule has 0 atom stereocenters. The van der Waals surface area contributed by atoms with E-state index in [0.29, 0.717) is 22.6 Å². The lowest BCUT2D eigenvalue weighted by molar-refractivity contribution is -0.114. The van der Waals surface area contributed by atoms with Gasteiger partial charge in [-0.05, 0) is 32.0 Å². The van der Waals surface area contributed by atoms with Crippen LogP contribution in [0.3, 0.4) is 0 Å². The van der Waals surface area contributed by atoms with Crippen LogP contribution in [-0.4, -0.2) is 26.4 Å². The van der Waals surface area contributed by atoms with Crippen LogP contribution in [0.5, 0.6) is 0 Å². The molecule has 2 aromatic heterocycles. The number of aromatic nitrogens is 3. The number of rotatable bonds is 3. The van der Waals surface area contributed by atoms with E-state index in [2.05, 4.69) is 20.7 Å². The highest BCUT2D eigenvalue weighted by molar-refractivity contribution is 6.10. The molecule has 7 nitrogen and oxygen atoms in total. The number of carbonyl (C=O) groups excluding carboxylic acids is 2. The van der Waals surface area contributed by atoms with Crippen LogP contribution >= 0.6 is 0 Å². The van der Waals surface area contributed by atoms with Crippen molar-refractivity contribution in [3.8, 4) is 0 Å². The van der Waals surface area contributed by atoms with Crippen LogP contribution in [0.4, 0.5) is 11.4 Å². The van der Waals surface area contributed by atoms with E-state index < -0.39 is 0 Å². The Bertz CT molecular complexity index is 945. The Kier molecular flexibility index (Phi) is 3.99. The van der Waals surface area contributed by atoms with Gasteiger partial charge in [-0.2, -0.15) is 5.10 Å². The van der Waals surface area contributed by atoms with Gasteiger partial charge in [0, 0.05) is 18.3 Å². The first-order valence-corrected chi connectivity index (χ1v) is 7.45.